The molecule has 0 spiro atoms. The van der Waals surface area contributed by atoms with Crippen LogP contribution >= 0.6 is 0 Å². The van der Waals surface area contributed by atoms with Crippen LogP contribution in [0.3, 0.4) is 0 Å². The van der Waals surface area contributed by atoms with Gasteiger partial charge in [0.2, 0.25) is 11.8 Å². The Hall–Kier alpha value is -2.82. The van der Waals surface area contributed by atoms with E-state index in [-0.39, 0.29) is 11.8 Å². The molecule has 1 N–H and O–H groups in total. The summed E-state index contributed by atoms with van der Waals surface area (Å²) in [6.07, 6.45) is 0.457. The lowest BCUT2D eigenvalue weighted by Crippen LogP contribution is -2.49. The molecule has 3 rings (SSSR count). The van der Waals surface area contributed by atoms with Crippen molar-refractivity contribution in [1.29, 1.82) is 0 Å². The minimum Gasteiger partial charge on any atom is -0.368 e. The van der Waals surface area contributed by atoms with Gasteiger partial charge in [-0.25, -0.2) is 0 Å². The molecule has 0 radical (unpaired) electrons. The molecule has 2 aromatic rings. The predicted molar refractivity (Wildman–Crippen MR) is 104 cm³/mol. The van der Waals surface area contributed by atoms with E-state index >= 15 is 0 Å². The zero-order valence-electron chi connectivity index (χ0n) is 15.4. The van der Waals surface area contributed by atoms with E-state index in [1.165, 1.54) is 12.5 Å². The van der Waals surface area contributed by atoms with Crippen LogP contribution in [0, 0.1) is 6.92 Å². The summed E-state index contributed by atoms with van der Waals surface area (Å²) in [5.74, 6) is 0.106. The minimum atomic E-state index is -0.0753. The molecule has 1 aliphatic rings. The van der Waals surface area contributed by atoms with Crippen LogP contribution < -0.4 is 10.2 Å². The Morgan fingerprint density at radius 3 is 2.35 bits per heavy atom. The maximum absolute atomic E-state index is 12.5. The van der Waals surface area contributed by atoms with Crippen molar-refractivity contribution >= 4 is 23.2 Å². The van der Waals surface area contributed by atoms with Crippen molar-refractivity contribution in [2.24, 2.45) is 0 Å². The highest BCUT2D eigenvalue weighted by atomic mass is 16.2. The molecule has 0 atom stereocenters. The number of anilines is 2. The average Bonchev–Trinajstić information content (AvgIpc) is 2.63. The molecule has 2 aromatic carbocycles. The number of carbonyl (C=O) groups is 2. The lowest BCUT2D eigenvalue weighted by Gasteiger charge is -2.36. The number of piperazine rings is 1. The number of rotatable bonds is 4. The molecule has 136 valence electrons. The van der Waals surface area contributed by atoms with Crippen molar-refractivity contribution < 1.29 is 9.59 Å². The third-order valence-corrected chi connectivity index (χ3v) is 4.64. The van der Waals surface area contributed by atoms with Crippen LogP contribution in [0.25, 0.3) is 0 Å². The van der Waals surface area contributed by atoms with Crippen LogP contribution in [0.1, 0.15) is 18.1 Å². The van der Waals surface area contributed by atoms with Gasteiger partial charge in [0, 0.05) is 44.5 Å². The number of hydrogen-bond acceptors (Lipinski definition) is 3. The van der Waals surface area contributed by atoms with Crippen LogP contribution in [-0.4, -0.2) is 42.9 Å². The highest BCUT2D eigenvalue weighted by Gasteiger charge is 2.21. The van der Waals surface area contributed by atoms with Crippen molar-refractivity contribution in [2.45, 2.75) is 20.3 Å². The standard InChI is InChI=1S/C21H25N3O2/c1-16-6-8-18(9-7-16)14-21(26)24-12-10-23(11-13-24)20-5-3-4-19(15-20)22-17(2)25/h3-9,15H,10-14H2,1-2H3,(H,22,25). The summed E-state index contributed by atoms with van der Waals surface area (Å²) < 4.78 is 0. The first-order valence-corrected chi connectivity index (χ1v) is 8.97. The van der Waals surface area contributed by atoms with Crippen LogP contribution in [0.4, 0.5) is 11.4 Å². The molecule has 0 unspecified atom stereocenters. The molecule has 2 amide bonds. The number of benzene rings is 2. The molecule has 1 aliphatic heterocycles. The van der Waals surface area contributed by atoms with Gasteiger partial charge in [0.05, 0.1) is 6.42 Å². The fraction of sp³-hybridized carbons (Fsp3) is 0.333. The monoisotopic (exact) mass is 351 g/mol. The number of hydrogen-bond donors (Lipinski definition) is 1. The first-order valence-electron chi connectivity index (χ1n) is 8.97. The minimum absolute atomic E-state index is 0.0753. The van der Waals surface area contributed by atoms with Crippen molar-refractivity contribution in [1.82, 2.24) is 4.90 Å². The fourth-order valence-corrected chi connectivity index (χ4v) is 3.19. The molecular formula is C21H25N3O2. The maximum atomic E-state index is 12.5. The molecule has 26 heavy (non-hydrogen) atoms. The molecule has 1 saturated heterocycles. The van der Waals surface area contributed by atoms with Gasteiger partial charge in [-0.2, -0.15) is 0 Å². The zero-order chi connectivity index (χ0) is 18.5. The zero-order valence-corrected chi connectivity index (χ0v) is 15.4. The molecule has 1 fully saturated rings. The molecule has 0 saturated carbocycles. The van der Waals surface area contributed by atoms with Gasteiger partial charge >= 0.3 is 0 Å². The topological polar surface area (TPSA) is 52.7 Å². The Bertz CT molecular complexity index is 778. The maximum Gasteiger partial charge on any atom is 0.227 e. The highest BCUT2D eigenvalue weighted by Crippen LogP contribution is 2.21. The van der Waals surface area contributed by atoms with E-state index in [1.807, 2.05) is 60.4 Å². The van der Waals surface area contributed by atoms with E-state index in [2.05, 4.69) is 10.2 Å². The Labute approximate surface area is 154 Å². The Kier molecular flexibility index (Phi) is 5.56. The van der Waals surface area contributed by atoms with Gasteiger partial charge < -0.3 is 15.1 Å². The summed E-state index contributed by atoms with van der Waals surface area (Å²) >= 11 is 0. The van der Waals surface area contributed by atoms with Crippen molar-refractivity contribution in [3.63, 3.8) is 0 Å². The van der Waals surface area contributed by atoms with E-state index in [4.69, 9.17) is 0 Å². The number of nitrogens with zero attached hydrogens (tertiary/aromatic N) is 2. The Balaban J connectivity index is 1.56. The molecule has 1 heterocycles. The van der Waals surface area contributed by atoms with E-state index < -0.39 is 0 Å². The van der Waals surface area contributed by atoms with E-state index in [0.717, 1.165) is 43.1 Å². The van der Waals surface area contributed by atoms with Gasteiger partial charge in [-0.15, -0.1) is 0 Å². The van der Waals surface area contributed by atoms with Gasteiger partial charge in [-0.05, 0) is 30.7 Å². The van der Waals surface area contributed by atoms with Crippen molar-refractivity contribution in [2.75, 3.05) is 36.4 Å². The summed E-state index contributed by atoms with van der Waals surface area (Å²) in [5.41, 5.74) is 4.14. The molecule has 0 aromatic heterocycles. The number of nitrogens with one attached hydrogen (secondary N) is 1. The quantitative estimate of drug-likeness (QED) is 0.922. The second-order valence-corrected chi connectivity index (χ2v) is 6.76. The second-order valence-electron chi connectivity index (χ2n) is 6.76. The van der Waals surface area contributed by atoms with Gasteiger partial charge in [0.15, 0.2) is 0 Å². The van der Waals surface area contributed by atoms with Crippen LogP contribution in [0.5, 0.6) is 0 Å². The lowest BCUT2D eigenvalue weighted by molar-refractivity contribution is -0.130. The number of carbonyl (C=O) groups excluding carboxylic acids is 2. The smallest absolute Gasteiger partial charge is 0.227 e. The molecule has 5 heteroatoms. The summed E-state index contributed by atoms with van der Waals surface area (Å²) in [6.45, 7) is 6.58. The number of aryl methyl sites for hydroxylation is 1. The largest absolute Gasteiger partial charge is 0.368 e. The van der Waals surface area contributed by atoms with Gasteiger partial charge in [0.25, 0.3) is 0 Å². The molecule has 5 nitrogen and oxygen atoms in total. The van der Waals surface area contributed by atoms with Crippen molar-refractivity contribution in [3.8, 4) is 0 Å². The second kappa shape index (κ2) is 8.04. The lowest BCUT2D eigenvalue weighted by atomic mass is 10.1. The SMILES string of the molecule is CC(=O)Nc1cccc(N2CCN(C(=O)Cc3ccc(C)cc3)CC2)c1. The van der Waals surface area contributed by atoms with Crippen molar-refractivity contribution in [3.05, 3.63) is 59.7 Å². The summed E-state index contributed by atoms with van der Waals surface area (Å²) in [5, 5.41) is 2.81. The normalized spacial score (nSPS) is 14.2. The van der Waals surface area contributed by atoms with Gasteiger partial charge in [0.1, 0.15) is 0 Å². The molecule has 0 aliphatic carbocycles. The van der Waals surface area contributed by atoms with Crippen LogP contribution in [0.15, 0.2) is 48.5 Å². The fourth-order valence-electron chi connectivity index (χ4n) is 3.19. The predicted octanol–water partition coefficient (Wildman–Crippen LogP) is 2.84. The first-order chi connectivity index (χ1) is 12.5. The Morgan fingerprint density at radius 2 is 1.69 bits per heavy atom. The third-order valence-electron chi connectivity index (χ3n) is 4.64. The summed E-state index contributed by atoms with van der Waals surface area (Å²) in [4.78, 5) is 27.9. The van der Waals surface area contributed by atoms with Gasteiger partial charge in [-0.3, -0.25) is 9.59 Å². The summed E-state index contributed by atoms with van der Waals surface area (Å²) in [6, 6.07) is 16.0. The Morgan fingerprint density at radius 1 is 1.00 bits per heavy atom. The van der Waals surface area contributed by atoms with Crippen LogP contribution in [0.2, 0.25) is 0 Å². The van der Waals surface area contributed by atoms with Crippen LogP contribution in [-0.2, 0) is 16.0 Å². The average molecular weight is 351 g/mol. The van der Waals surface area contributed by atoms with Gasteiger partial charge in [-0.1, -0.05) is 35.9 Å². The molecule has 0 bridgehead atoms. The third kappa shape index (κ3) is 4.63. The summed E-state index contributed by atoms with van der Waals surface area (Å²) in [7, 11) is 0. The van der Waals surface area contributed by atoms with E-state index in [9.17, 15) is 9.59 Å². The highest BCUT2D eigenvalue weighted by molar-refractivity contribution is 5.89. The molecular weight excluding hydrogens is 326 g/mol. The number of amides is 2. The van der Waals surface area contributed by atoms with E-state index in [1.54, 1.807) is 0 Å². The first kappa shape index (κ1) is 18.0. The van der Waals surface area contributed by atoms with E-state index in [0.29, 0.717) is 6.42 Å².